The molecule has 1 aliphatic rings. The highest BCUT2D eigenvalue weighted by Crippen LogP contribution is 2.30. The summed E-state index contributed by atoms with van der Waals surface area (Å²) >= 11 is 7.61. The summed E-state index contributed by atoms with van der Waals surface area (Å²) in [6.07, 6.45) is 0. The van der Waals surface area contributed by atoms with Crippen LogP contribution in [-0.2, 0) is 12.0 Å². The van der Waals surface area contributed by atoms with Crippen molar-refractivity contribution in [3.63, 3.8) is 0 Å². The number of benzene rings is 1. The molecule has 6 heteroatoms. The van der Waals surface area contributed by atoms with Crippen LogP contribution in [0.25, 0.3) is 0 Å². The fraction of sp³-hybridized carbons (Fsp3) is 0.500. The third-order valence-electron chi connectivity index (χ3n) is 4.59. The topological polar surface area (TPSA) is 36.4 Å². The van der Waals surface area contributed by atoms with Crippen molar-refractivity contribution in [2.75, 3.05) is 26.2 Å². The smallest absolute Gasteiger partial charge is 0.265 e. The molecule has 1 fully saturated rings. The van der Waals surface area contributed by atoms with Gasteiger partial charge in [0.05, 0.1) is 10.7 Å². The minimum atomic E-state index is -0.0242. The van der Waals surface area contributed by atoms with Crippen LogP contribution in [-0.4, -0.2) is 46.9 Å². The molecule has 140 valence electrons. The molecule has 3 rings (SSSR count). The number of carbonyl (C=O) groups excluding carboxylic acids is 1. The molecule has 1 saturated heterocycles. The Kier molecular flexibility index (Phi) is 5.70. The number of nitrogens with zero attached hydrogens (tertiary/aromatic N) is 3. The van der Waals surface area contributed by atoms with E-state index in [2.05, 4.69) is 36.7 Å². The second kappa shape index (κ2) is 7.67. The Hall–Kier alpha value is -1.43. The van der Waals surface area contributed by atoms with Crippen molar-refractivity contribution in [3.05, 3.63) is 50.4 Å². The highest BCUT2D eigenvalue weighted by Gasteiger charge is 2.28. The minimum absolute atomic E-state index is 0.0242. The van der Waals surface area contributed by atoms with Gasteiger partial charge >= 0.3 is 0 Å². The van der Waals surface area contributed by atoms with Gasteiger partial charge in [0.25, 0.3) is 5.91 Å². The van der Waals surface area contributed by atoms with Gasteiger partial charge in [0, 0.05) is 43.2 Å². The molecule has 0 saturated carbocycles. The lowest BCUT2D eigenvalue weighted by molar-refractivity contribution is 0.0632. The van der Waals surface area contributed by atoms with Crippen molar-refractivity contribution in [2.24, 2.45) is 0 Å². The molecule has 2 heterocycles. The predicted octanol–water partition coefficient (Wildman–Crippen LogP) is 4.36. The van der Waals surface area contributed by atoms with E-state index < -0.39 is 0 Å². The Morgan fingerprint density at radius 1 is 1.23 bits per heavy atom. The van der Waals surface area contributed by atoms with Gasteiger partial charge in [-0.25, -0.2) is 4.98 Å². The van der Waals surface area contributed by atoms with Gasteiger partial charge in [-0.2, -0.15) is 0 Å². The molecule has 0 bridgehead atoms. The standard InChI is InChI=1S/C20H26ClN3OS/c1-14-17(26-19(22-14)20(2,3)4)18(25)24-10-8-23(9-11-24)13-15-6-5-7-16(21)12-15/h5-7,12H,8-11,13H2,1-4H3. The zero-order chi connectivity index (χ0) is 18.9. The molecule has 1 aromatic heterocycles. The minimum Gasteiger partial charge on any atom is -0.335 e. The average Bonchev–Trinajstić information content (AvgIpc) is 2.97. The van der Waals surface area contributed by atoms with Crippen LogP contribution in [0.15, 0.2) is 24.3 Å². The van der Waals surface area contributed by atoms with Crippen molar-refractivity contribution in [2.45, 2.75) is 39.7 Å². The van der Waals surface area contributed by atoms with Crippen molar-refractivity contribution < 1.29 is 4.79 Å². The highest BCUT2D eigenvalue weighted by molar-refractivity contribution is 7.14. The van der Waals surface area contributed by atoms with Gasteiger partial charge in [0.1, 0.15) is 4.88 Å². The summed E-state index contributed by atoms with van der Waals surface area (Å²) in [5.74, 6) is 0.123. The van der Waals surface area contributed by atoms with E-state index in [9.17, 15) is 4.79 Å². The number of halogens is 1. The third kappa shape index (κ3) is 4.45. The van der Waals surface area contributed by atoms with E-state index >= 15 is 0 Å². The summed E-state index contributed by atoms with van der Waals surface area (Å²) in [6.45, 7) is 12.5. The van der Waals surface area contributed by atoms with Crippen molar-refractivity contribution in [1.29, 1.82) is 0 Å². The lowest BCUT2D eigenvalue weighted by Crippen LogP contribution is -2.48. The quantitative estimate of drug-likeness (QED) is 0.779. The maximum Gasteiger partial charge on any atom is 0.265 e. The number of aryl methyl sites for hydroxylation is 1. The molecule has 2 aromatic rings. The molecule has 26 heavy (non-hydrogen) atoms. The van der Waals surface area contributed by atoms with Crippen LogP contribution < -0.4 is 0 Å². The Morgan fingerprint density at radius 2 is 1.92 bits per heavy atom. The summed E-state index contributed by atoms with van der Waals surface area (Å²) < 4.78 is 0. The Labute approximate surface area is 164 Å². The summed E-state index contributed by atoms with van der Waals surface area (Å²) in [5, 5.41) is 1.80. The molecular formula is C20H26ClN3OS. The maximum absolute atomic E-state index is 12.9. The van der Waals surface area contributed by atoms with Crippen LogP contribution >= 0.6 is 22.9 Å². The van der Waals surface area contributed by atoms with Gasteiger partial charge in [-0.15, -0.1) is 11.3 Å². The van der Waals surface area contributed by atoms with E-state index in [1.54, 1.807) is 11.3 Å². The lowest BCUT2D eigenvalue weighted by atomic mass is 9.98. The second-order valence-electron chi connectivity index (χ2n) is 7.88. The molecule has 0 aliphatic carbocycles. The van der Waals surface area contributed by atoms with Crippen LogP contribution in [0.4, 0.5) is 0 Å². The number of thiazole rings is 1. The third-order valence-corrected chi connectivity index (χ3v) is 6.39. The van der Waals surface area contributed by atoms with Gasteiger partial charge < -0.3 is 4.90 Å². The summed E-state index contributed by atoms with van der Waals surface area (Å²) in [4.78, 5) is 22.7. The summed E-state index contributed by atoms with van der Waals surface area (Å²) in [7, 11) is 0. The van der Waals surface area contributed by atoms with Crippen LogP contribution in [0.1, 0.15) is 46.7 Å². The number of carbonyl (C=O) groups is 1. The van der Waals surface area contributed by atoms with Crippen LogP contribution in [0.3, 0.4) is 0 Å². The number of rotatable bonds is 3. The summed E-state index contributed by atoms with van der Waals surface area (Å²) in [5.41, 5.74) is 2.04. The summed E-state index contributed by atoms with van der Waals surface area (Å²) in [6, 6.07) is 7.98. The normalized spacial score (nSPS) is 16.1. The lowest BCUT2D eigenvalue weighted by Gasteiger charge is -2.34. The van der Waals surface area contributed by atoms with Gasteiger partial charge in [0.2, 0.25) is 0 Å². The molecule has 0 radical (unpaired) electrons. The monoisotopic (exact) mass is 391 g/mol. The largest absolute Gasteiger partial charge is 0.335 e. The first-order valence-corrected chi connectivity index (χ1v) is 10.2. The molecule has 0 unspecified atom stereocenters. The fourth-order valence-electron chi connectivity index (χ4n) is 3.06. The second-order valence-corrected chi connectivity index (χ2v) is 9.32. The predicted molar refractivity (Wildman–Crippen MR) is 108 cm³/mol. The number of amides is 1. The molecule has 1 aliphatic heterocycles. The van der Waals surface area contributed by atoms with Crippen molar-refractivity contribution >= 4 is 28.8 Å². The molecule has 0 atom stereocenters. The first kappa shape index (κ1) is 19.3. The first-order valence-electron chi connectivity index (χ1n) is 8.98. The van der Waals surface area contributed by atoms with Crippen molar-refractivity contribution in [1.82, 2.24) is 14.8 Å². The SMILES string of the molecule is Cc1nc(C(C)(C)C)sc1C(=O)N1CCN(Cc2cccc(Cl)c2)CC1. The van der Waals surface area contributed by atoms with Gasteiger partial charge in [-0.3, -0.25) is 9.69 Å². The van der Waals surface area contributed by atoms with Crippen LogP contribution in [0.2, 0.25) is 5.02 Å². The molecule has 0 N–H and O–H groups in total. The van der Waals surface area contributed by atoms with E-state index in [1.807, 2.05) is 30.0 Å². The van der Waals surface area contributed by atoms with Crippen LogP contribution in [0, 0.1) is 6.92 Å². The van der Waals surface area contributed by atoms with Crippen molar-refractivity contribution in [3.8, 4) is 0 Å². The maximum atomic E-state index is 12.9. The van der Waals surface area contributed by atoms with E-state index in [0.717, 1.165) is 53.3 Å². The number of piperazine rings is 1. The van der Waals surface area contributed by atoms with Crippen LogP contribution in [0.5, 0.6) is 0 Å². The fourth-order valence-corrected chi connectivity index (χ4v) is 4.37. The number of hydrogen-bond donors (Lipinski definition) is 0. The van der Waals surface area contributed by atoms with E-state index in [0.29, 0.717) is 0 Å². The molecule has 0 spiro atoms. The number of aromatic nitrogens is 1. The molecule has 1 aromatic carbocycles. The molecule has 4 nitrogen and oxygen atoms in total. The zero-order valence-corrected chi connectivity index (χ0v) is 17.5. The van der Waals surface area contributed by atoms with E-state index in [-0.39, 0.29) is 11.3 Å². The molecule has 1 amide bonds. The highest BCUT2D eigenvalue weighted by atomic mass is 35.5. The Morgan fingerprint density at radius 3 is 2.50 bits per heavy atom. The van der Waals surface area contributed by atoms with Gasteiger partial charge in [-0.05, 0) is 24.6 Å². The molecular weight excluding hydrogens is 366 g/mol. The van der Waals surface area contributed by atoms with E-state index in [1.165, 1.54) is 5.56 Å². The zero-order valence-electron chi connectivity index (χ0n) is 15.9. The van der Waals surface area contributed by atoms with Gasteiger partial charge in [0.15, 0.2) is 0 Å². The van der Waals surface area contributed by atoms with Gasteiger partial charge in [-0.1, -0.05) is 44.5 Å². The average molecular weight is 392 g/mol. The Bertz CT molecular complexity index is 789. The Balaban J connectivity index is 1.61. The van der Waals surface area contributed by atoms with E-state index in [4.69, 9.17) is 11.6 Å². The number of hydrogen-bond acceptors (Lipinski definition) is 4. The first-order chi connectivity index (χ1) is 12.2.